The summed E-state index contributed by atoms with van der Waals surface area (Å²) in [6.45, 7) is 1.78. The minimum absolute atomic E-state index is 0.173. The number of rotatable bonds is 3. The van der Waals surface area contributed by atoms with Crippen LogP contribution in [-0.4, -0.2) is 49.5 Å². The summed E-state index contributed by atoms with van der Waals surface area (Å²) >= 11 is 0. The number of aliphatic hydroxyl groups is 1. The van der Waals surface area contributed by atoms with Crippen molar-refractivity contribution in [1.82, 2.24) is 24.7 Å². The maximum Gasteiger partial charge on any atom is 0.257 e. The molecule has 1 fully saturated rings. The minimum atomic E-state index is 0.173. The number of hydrogen-bond donors (Lipinski definition) is 2. The fourth-order valence-electron chi connectivity index (χ4n) is 2.40. The minimum Gasteiger partial charge on any atom is -0.396 e. The van der Waals surface area contributed by atoms with E-state index in [4.69, 9.17) is 5.73 Å². The van der Waals surface area contributed by atoms with Crippen LogP contribution in [0.5, 0.6) is 0 Å². The van der Waals surface area contributed by atoms with E-state index < -0.39 is 0 Å². The quantitative estimate of drug-likeness (QED) is 0.802. The highest BCUT2D eigenvalue weighted by Gasteiger charge is 2.22. The summed E-state index contributed by atoms with van der Waals surface area (Å²) in [5, 5.41) is 13.4. The lowest BCUT2D eigenvalue weighted by molar-refractivity contribution is 0.208. The van der Waals surface area contributed by atoms with Crippen LogP contribution in [0.4, 0.5) is 11.9 Å². The summed E-state index contributed by atoms with van der Waals surface area (Å²) in [6.07, 6.45) is 5.45. The first-order valence-corrected chi connectivity index (χ1v) is 6.63. The molecule has 8 nitrogen and oxygen atoms in total. The predicted octanol–water partition coefficient (Wildman–Crippen LogP) is -0.152. The molecule has 0 spiro atoms. The second-order valence-electron chi connectivity index (χ2n) is 4.88. The van der Waals surface area contributed by atoms with Crippen molar-refractivity contribution in [2.24, 2.45) is 5.92 Å². The van der Waals surface area contributed by atoms with E-state index >= 15 is 0 Å². The van der Waals surface area contributed by atoms with Crippen LogP contribution in [0.1, 0.15) is 12.8 Å². The first kappa shape index (κ1) is 12.8. The third-order valence-corrected chi connectivity index (χ3v) is 3.40. The maximum absolute atomic E-state index is 9.30. The van der Waals surface area contributed by atoms with E-state index in [2.05, 4.69) is 20.1 Å². The van der Waals surface area contributed by atoms with Crippen molar-refractivity contribution in [2.45, 2.75) is 12.8 Å². The number of piperidine rings is 1. The first-order valence-electron chi connectivity index (χ1n) is 6.63. The molecule has 1 unspecified atom stereocenters. The normalized spacial score (nSPS) is 19.2. The lowest BCUT2D eigenvalue weighted by Crippen LogP contribution is -2.38. The Kier molecular flexibility index (Phi) is 3.46. The number of nitrogens with two attached hydrogens (primary N) is 1. The van der Waals surface area contributed by atoms with Crippen LogP contribution in [0.2, 0.25) is 0 Å². The van der Waals surface area contributed by atoms with Crippen LogP contribution in [0.15, 0.2) is 18.5 Å². The molecule has 3 heterocycles. The van der Waals surface area contributed by atoms with Crippen molar-refractivity contribution < 1.29 is 5.11 Å². The maximum atomic E-state index is 9.30. The van der Waals surface area contributed by atoms with Gasteiger partial charge in [0.05, 0.1) is 0 Å². The molecule has 106 valence electrons. The van der Waals surface area contributed by atoms with Gasteiger partial charge in [0.2, 0.25) is 11.9 Å². The van der Waals surface area contributed by atoms with Gasteiger partial charge in [-0.3, -0.25) is 0 Å². The molecule has 0 saturated carbocycles. The van der Waals surface area contributed by atoms with Gasteiger partial charge in [-0.1, -0.05) is 0 Å². The molecule has 8 heteroatoms. The van der Waals surface area contributed by atoms with Crippen LogP contribution in [-0.2, 0) is 0 Å². The molecular formula is C12H17N7O. The van der Waals surface area contributed by atoms with Gasteiger partial charge in [0, 0.05) is 32.1 Å². The Morgan fingerprint density at radius 2 is 2.15 bits per heavy atom. The summed E-state index contributed by atoms with van der Waals surface area (Å²) in [5.41, 5.74) is 5.76. The third kappa shape index (κ3) is 2.55. The van der Waals surface area contributed by atoms with Crippen molar-refractivity contribution >= 4 is 11.9 Å². The number of aliphatic hydroxyl groups excluding tert-OH is 1. The molecule has 0 aliphatic carbocycles. The van der Waals surface area contributed by atoms with Crippen LogP contribution < -0.4 is 10.6 Å². The van der Waals surface area contributed by atoms with Gasteiger partial charge in [0.15, 0.2) is 0 Å². The van der Waals surface area contributed by atoms with Crippen molar-refractivity contribution in [3.05, 3.63) is 18.5 Å². The molecule has 2 aromatic heterocycles. The molecule has 0 bridgehead atoms. The molecule has 2 aromatic rings. The highest BCUT2D eigenvalue weighted by atomic mass is 16.3. The first-order chi connectivity index (χ1) is 9.76. The van der Waals surface area contributed by atoms with E-state index in [0.717, 1.165) is 25.9 Å². The molecule has 1 atom stereocenters. The van der Waals surface area contributed by atoms with Gasteiger partial charge >= 0.3 is 0 Å². The Hall–Kier alpha value is -2.22. The predicted molar refractivity (Wildman–Crippen MR) is 73.4 cm³/mol. The topological polar surface area (TPSA) is 106 Å². The largest absolute Gasteiger partial charge is 0.396 e. The van der Waals surface area contributed by atoms with Crippen LogP contribution in [0.25, 0.3) is 5.95 Å². The molecular weight excluding hydrogens is 258 g/mol. The summed E-state index contributed by atoms with van der Waals surface area (Å²) in [5.74, 6) is 1.38. The molecule has 0 amide bonds. The van der Waals surface area contributed by atoms with Crippen LogP contribution in [0, 0.1) is 5.92 Å². The van der Waals surface area contributed by atoms with Gasteiger partial charge in [-0.15, -0.1) is 0 Å². The number of hydrogen-bond acceptors (Lipinski definition) is 7. The lowest BCUT2D eigenvalue weighted by Gasteiger charge is -2.31. The molecule has 20 heavy (non-hydrogen) atoms. The summed E-state index contributed by atoms with van der Waals surface area (Å²) in [4.78, 5) is 14.7. The monoisotopic (exact) mass is 275 g/mol. The Morgan fingerprint density at radius 3 is 2.90 bits per heavy atom. The zero-order chi connectivity index (χ0) is 13.9. The standard InChI is InChI=1S/C12H17N7O/c13-10-15-11(18-5-1-3-9(7-18)8-20)17-12(16-10)19-6-2-4-14-19/h2,4,6,9,20H,1,3,5,7-8H2,(H2,13,15,16,17). The van der Waals surface area contributed by atoms with Crippen molar-refractivity contribution in [2.75, 3.05) is 30.3 Å². The number of aromatic nitrogens is 5. The number of anilines is 2. The Morgan fingerprint density at radius 1 is 1.30 bits per heavy atom. The fourth-order valence-corrected chi connectivity index (χ4v) is 2.40. The van der Waals surface area contributed by atoms with E-state index in [0.29, 0.717) is 11.9 Å². The molecule has 3 rings (SSSR count). The zero-order valence-electron chi connectivity index (χ0n) is 11.1. The van der Waals surface area contributed by atoms with Gasteiger partial charge in [-0.25, -0.2) is 4.68 Å². The van der Waals surface area contributed by atoms with Gasteiger partial charge in [-0.2, -0.15) is 20.1 Å². The Labute approximate surface area is 116 Å². The van der Waals surface area contributed by atoms with E-state index in [-0.39, 0.29) is 18.5 Å². The van der Waals surface area contributed by atoms with Gasteiger partial charge < -0.3 is 15.7 Å². The summed E-state index contributed by atoms with van der Waals surface area (Å²) in [7, 11) is 0. The van der Waals surface area contributed by atoms with E-state index in [1.807, 2.05) is 4.90 Å². The zero-order valence-corrected chi connectivity index (χ0v) is 11.1. The molecule has 1 aliphatic heterocycles. The molecule has 0 aromatic carbocycles. The molecule has 3 N–H and O–H groups in total. The second kappa shape index (κ2) is 5.41. The smallest absolute Gasteiger partial charge is 0.257 e. The van der Waals surface area contributed by atoms with Gasteiger partial charge in [-0.05, 0) is 24.8 Å². The Balaban J connectivity index is 1.89. The SMILES string of the molecule is Nc1nc(N2CCCC(CO)C2)nc(-n2cccn2)n1. The second-order valence-corrected chi connectivity index (χ2v) is 4.88. The van der Waals surface area contributed by atoms with E-state index in [9.17, 15) is 5.11 Å². The molecule has 1 saturated heterocycles. The average molecular weight is 275 g/mol. The van der Waals surface area contributed by atoms with Crippen LogP contribution >= 0.6 is 0 Å². The summed E-state index contributed by atoms with van der Waals surface area (Å²) < 4.78 is 1.55. The van der Waals surface area contributed by atoms with E-state index in [1.165, 1.54) is 0 Å². The van der Waals surface area contributed by atoms with Crippen LogP contribution in [0.3, 0.4) is 0 Å². The van der Waals surface area contributed by atoms with Gasteiger partial charge in [0.1, 0.15) is 0 Å². The Bertz CT molecular complexity index is 571. The summed E-state index contributed by atoms with van der Waals surface area (Å²) in [6, 6.07) is 1.79. The lowest BCUT2D eigenvalue weighted by atomic mass is 9.99. The highest BCUT2D eigenvalue weighted by Crippen LogP contribution is 2.20. The highest BCUT2D eigenvalue weighted by molar-refractivity contribution is 5.38. The fraction of sp³-hybridized carbons (Fsp3) is 0.500. The molecule has 0 radical (unpaired) electrons. The van der Waals surface area contributed by atoms with Crippen molar-refractivity contribution in [1.29, 1.82) is 0 Å². The molecule has 1 aliphatic rings. The van der Waals surface area contributed by atoms with Crippen molar-refractivity contribution in [3.63, 3.8) is 0 Å². The number of nitrogen functional groups attached to an aromatic ring is 1. The van der Waals surface area contributed by atoms with Crippen molar-refractivity contribution in [3.8, 4) is 5.95 Å². The average Bonchev–Trinajstić information content (AvgIpc) is 3.01. The van der Waals surface area contributed by atoms with E-state index in [1.54, 1.807) is 23.1 Å². The third-order valence-electron chi connectivity index (χ3n) is 3.40. The van der Waals surface area contributed by atoms with Gasteiger partial charge in [0.25, 0.3) is 5.95 Å². The number of nitrogens with zero attached hydrogens (tertiary/aromatic N) is 6.